The minimum absolute atomic E-state index is 0.593. The van der Waals surface area contributed by atoms with E-state index < -0.39 is 0 Å². The maximum atomic E-state index is 6.24. The lowest BCUT2D eigenvalue weighted by atomic mass is 10.1. The molecule has 0 aliphatic carbocycles. The average molecular weight is 671 g/mol. The van der Waals surface area contributed by atoms with Crippen LogP contribution in [-0.4, -0.2) is 19.5 Å². The van der Waals surface area contributed by atoms with Crippen LogP contribution in [0.4, 0.5) is 0 Å². The zero-order valence-corrected chi connectivity index (χ0v) is 27.9. The quantitative estimate of drug-likeness (QED) is 0.187. The van der Waals surface area contributed by atoms with Crippen molar-refractivity contribution in [1.29, 1.82) is 0 Å². The summed E-state index contributed by atoms with van der Waals surface area (Å²) in [5.74, 6) is 1.82. The highest BCUT2D eigenvalue weighted by Crippen LogP contribution is 2.41. The smallest absolute Gasteiger partial charge is 0.164 e. The molecule has 0 saturated heterocycles. The predicted octanol–water partition coefficient (Wildman–Crippen LogP) is 12.2. The molecule has 0 aliphatic rings. The second kappa shape index (κ2) is 10.9. The summed E-state index contributed by atoms with van der Waals surface area (Å²) in [6, 6.07) is 55.0. The summed E-state index contributed by atoms with van der Waals surface area (Å²) >= 11 is 1.84. The van der Waals surface area contributed by atoms with E-state index in [1.165, 1.54) is 36.5 Å². The van der Waals surface area contributed by atoms with Crippen LogP contribution in [0.2, 0.25) is 0 Å². The number of hydrogen-bond acceptors (Lipinski definition) is 5. The van der Waals surface area contributed by atoms with Crippen molar-refractivity contribution in [2.24, 2.45) is 0 Å². The molecule has 4 heterocycles. The molecule has 0 aliphatic heterocycles. The van der Waals surface area contributed by atoms with E-state index in [0.29, 0.717) is 17.5 Å². The number of benzene rings is 7. The Morgan fingerprint density at radius 1 is 0.392 bits per heavy atom. The minimum atomic E-state index is 0.593. The van der Waals surface area contributed by atoms with Crippen LogP contribution in [0.3, 0.4) is 0 Å². The van der Waals surface area contributed by atoms with Crippen LogP contribution in [0.25, 0.3) is 104 Å². The standard InChI is InChI=1S/C45H26N4OS/c1-2-11-27(12-3-1)43-46-44(48-45(47-43)29-21-22-33-32-16-5-8-19-39(32)50-40(33)24-29)28-13-10-14-30(23-28)49-37-18-7-4-15-31(37)35-25-36-34-17-6-9-20-41(34)51-42(36)26-38(35)49/h1-26H. The predicted molar refractivity (Wildman–Crippen MR) is 211 cm³/mol. The van der Waals surface area contributed by atoms with Gasteiger partial charge in [-0.3, -0.25) is 0 Å². The van der Waals surface area contributed by atoms with Gasteiger partial charge in [-0.25, -0.2) is 15.0 Å². The Morgan fingerprint density at radius 3 is 1.92 bits per heavy atom. The Balaban J connectivity index is 1.11. The van der Waals surface area contributed by atoms with Crippen LogP contribution in [0.1, 0.15) is 0 Å². The van der Waals surface area contributed by atoms with E-state index >= 15 is 0 Å². The fraction of sp³-hybridized carbons (Fsp3) is 0. The maximum Gasteiger partial charge on any atom is 0.164 e. The summed E-state index contributed by atoms with van der Waals surface area (Å²) in [5.41, 5.74) is 7.75. The number of thiophene rings is 1. The third kappa shape index (κ3) is 4.43. The van der Waals surface area contributed by atoms with E-state index in [9.17, 15) is 0 Å². The van der Waals surface area contributed by atoms with E-state index in [0.717, 1.165) is 49.8 Å². The Kier molecular flexibility index (Phi) is 6.05. The number of hydrogen-bond donors (Lipinski definition) is 0. The maximum absolute atomic E-state index is 6.24. The van der Waals surface area contributed by atoms with Crippen molar-refractivity contribution in [3.63, 3.8) is 0 Å². The van der Waals surface area contributed by atoms with E-state index in [1.54, 1.807) is 0 Å². The lowest BCUT2D eigenvalue weighted by Gasteiger charge is -2.11. The van der Waals surface area contributed by atoms with Gasteiger partial charge in [-0.15, -0.1) is 11.3 Å². The molecule has 0 saturated carbocycles. The van der Waals surface area contributed by atoms with Gasteiger partial charge in [0.15, 0.2) is 17.5 Å². The first-order valence-electron chi connectivity index (χ1n) is 16.9. The molecule has 0 N–H and O–H groups in total. The van der Waals surface area contributed by atoms with Gasteiger partial charge in [-0.05, 0) is 54.6 Å². The summed E-state index contributed by atoms with van der Waals surface area (Å²) in [6.07, 6.45) is 0. The van der Waals surface area contributed by atoms with Gasteiger partial charge in [0.25, 0.3) is 0 Å². The summed E-state index contributed by atoms with van der Waals surface area (Å²) in [5, 5.41) is 7.23. The zero-order valence-electron chi connectivity index (χ0n) is 27.1. The number of rotatable bonds is 4. The number of para-hydroxylation sites is 2. The molecule has 6 heteroatoms. The average Bonchev–Trinajstić information content (AvgIpc) is 3.86. The number of nitrogens with zero attached hydrogens (tertiary/aromatic N) is 4. The van der Waals surface area contributed by atoms with E-state index in [-0.39, 0.29) is 0 Å². The highest BCUT2D eigenvalue weighted by molar-refractivity contribution is 7.25. The molecule has 51 heavy (non-hydrogen) atoms. The van der Waals surface area contributed by atoms with Gasteiger partial charge in [-0.2, -0.15) is 0 Å². The topological polar surface area (TPSA) is 56.7 Å². The molecule has 0 radical (unpaired) electrons. The molecular weight excluding hydrogens is 645 g/mol. The van der Waals surface area contributed by atoms with Gasteiger partial charge in [0, 0.05) is 64.1 Å². The Labute approximate surface area is 295 Å². The zero-order chi connectivity index (χ0) is 33.5. The number of fused-ring (bicyclic) bond motifs is 9. The molecule has 0 unspecified atom stereocenters. The molecule has 11 rings (SSSR count). The highest BCUT2D eigenvalue weighted by Gasteiger charge is 2.18. The van der Waals surface area contributed by atoms with Gasteiger partial charge in [0.2, 0.25) is 0 Å². The molecular formula is C45H26N4OS. The Bertz CT molecular complexity index is 3150. The third-order valence-corrected chi connectivity index (χ3v) is 11.0. The Morgan fingerprint density at radius 2 is 1.06 bits per heavy atom. The first kappa shape index (κ1) is 28.2. The van der Waals surface area contributed by atoms with Gasteiger partial charge < -0.3 is 8.98 Å². The fourth-order valence-corrected chi connectivity index (χ4v) is 8.59. The molecule has 11 aromatic rings. The summed E-state index contributed by atoms with van der Waals surface area (Å²) in [7, 11) is 0. The first-order chi connectivity index (χ1) is 25.2. The van der Waals surface area contributed by atoms with Crippen molar-refractivity contribution in [3.8, 4) is 39.9 Å². The number of furan rings is 1. The van der Waals surface area contributed by atoms with Crippen molar-refractivity contribution in [2.75, 3.05) is 0 Å². The van der Waals surface area contributed by atoms with Crippen LogP contribution >= 0.6 is 11.3 Å². The molecule has 5 nitrogen and oxygen atoms in total. The first-order valence-corrected chi connectivity index (χ1v) is 17.8. The molecule has 0 atom stereocenters. The molecule has 0 amide bonds. The summed E-state index contributed by atoms with van der Waals surface area (Å²) < 4.78 is 11.2. The van der Waals surface area contributed by atoms with Gasteiger partial charge in [-0.1, -0.05) is 103 Å². The van der Waals surface area contributed by atoms with E-state index in [4.69, 9.17) is 19.4 Å². The summed E-state index contributed by atoms with van der Waals surface area (Å²) in [6.45, 7) is 0. The largest absolute Gasteiger partial charge is 0.456 e. The molecule has 0 fully saturated rings. The molecule has 4 aromatic heterocycles. The highest BCUT2D eigenvalue weighted by atomic mass is 32.1. The van der Waals surface area contributed by atoms with Crippen molar-refractivity contribution in [3.05, 3.63) is 158 Å². The Hall–Kier alpha value is -6.63. The monoisotopic (exact) mass is 670 g/mol. The summed E-state index contributed by atoms with van der Waals surface area (Å²) in [4.78, 5) is 15.1. The van der Waals surface area contributed by atoms with Gasteiger partial charge in [0.05, 0.1) is 11.0 Å². The second-order valence-electron chi connectivity index (χ2n) is 12.8. The molecule has 0 bridgehead atoms. The lowest BCUT2D eigenvalue weighted by molar-refractivity contribution is 0.669. The molecule has 238 valence electrons. The van der Waals surface area contributed by atoms with Crippen LogP contribution in [0.15, 0.2) is 162 Å². The van der Waals surface area contributed by atoms with Crippen molar-refractivity contribution in [2.45, 2.75) is 0 Å². The molecule has 7 aromatic carbocycles. The molecule has 0 spiro atoms. The fourth-order valence-electron chi connectivity index (χ4n) is 7.47. The number of aromatic nitrogens is 4. The van der Waals surface area contributed by atoms with E-state index in [1.807, 2.05) is 65.9 Å². The van der Waals surface area contributed by atoms with Crippen molar-refractivity contribution >= 4 is 75.3 Å². The minimum Gasteiger partial charge on any atom is -0.456 e. The van der Waals surface area contributed by atoms with Gasteiger partial charge >= 0.3 is 0 Å². The van der Waals surface area contributed by atoms with Crippen LogP contribution < -0.4 is 0 Å². The second-order valence-corrected chi connectivity index (χ2v) is 13.9. The van der Waals surface area contributed by atoms with Crippen molar-refractivity contribution < 1.29 is 4.42 Å². The third-order valence-electron chi connectivity index (χ3n) is 9.84. The normalized spacial score (nSPS) is 11.9. The lowest BCUT2D eigenvalue weighted by Crippen LogP contribution is -2.01. The van der Waals surface area contributed by atoms with Crippen LogP contribution in [0, 0.1) is 0 Å². The SMILES string of the molecule is c1ccc(-c2nc(-c3cccc(-n4c5ccccc5c5cc6c(cc54)sc4ccccc46)c3)nc(-c3ccc4c(c3)oc3ccccc34)n2)cc1. The van der Waals surface area contributed by atoms with Crippen LogP contribution in [0.5, 0.6) is 0 Å². The van der Waals surface area contributed by atoms with E-state index in [2.05, 4.69) is 108 Å². The van der Waals surface area contributed by atoms with Crippen molar-refractivity contribution in [1.82, 2.24) is 19.5 Å². The van der Waals surface area contributed by atoms with Gasteiger partial charge in [0.1, 0.15) is 11.2 Å². The van der Waals surface area contributed by atoms with Crippen LogP contribution in [-0.2, 0) is 0 Å².